The van der Waals surface area contributed by atoms with Crippen molar-refractivity contribution < 1.29 is 0 Å². The highest BCUT2D eigenvalue weighted by atomic mass is 15.3. The highest BCUT2D eigenvalue weighted by Crippen LogP contribution is 2.09. The molecule has 0 aromatic carbocycles. The molecule has 2 rings (SSSR count). The highest BCUT2D eigenvalue weighted by Gasteiger charge is 1.98. The molecular formula is C9H11N5. The molecule has 0 atom stereocenters. The average molecular weight is 189 g/mol. The first-order chi connectivity index (χ1) is 6.88. The summed E-state index contributed by atoms with van der Waals surface area (Å²) in [6.45, 7) is 2.90. The molecule has 0 saturated heterocycles. The van der Waals surface area contributed by atoms with Crippen LogP contribution in [0.2, 0.25) is 0 Å². The summed E-state index contributed by atoms with van der Waals surface area (Å²) in [7, 11) is 0. The van der Waals surface area contributed by atoms with Gasteiger partial charge in [0.25, 0.3) is 0 Å². The number of hydrogen-bond acceptors (Lipinski definition) is 4. The van der Waals surface area contributed by atoms with Crippen LogP contribution in [0, 0.1) is 0 Å². The van der Waals surface area contributed by atoms with Gasteiger partial charge in [0.1, 0.15) is 0 Å². The fraction of sp³-hybridized carbons (Fsp3) is 0.222. The first-order valence-electron chi connectivity index (χ1n) is 4.45. The zero-order valence-corrected chi connectivity index (χ0v) is 7.88. The first kappa shape index (κ1) is 8.68. The topological polar surface area (TPSA) is 55.6 Å². The summed E-state index contributed by atoms with van der Waals surface area (Å²) in [4.78, 5) is 8.10. The summed E-state index contributed by atoms with van der Waals surface area (Å²) in [6, 6.07) is 1.78. The van der Waals surface area contributed by atoms with E-state index < -0.39 is 0 Å². The molecule has 72 valence electrons. The zero-order chi connectivity index (χ0) is 9.80. The average Bonchev–Trinajstić information content (AvgIpc) is 2.67. The molecule has 0 spiro atoms. The van der Waals surface area contributed by atoms with Crippen LogP contribution in [0.3, 0.4) is 0 Å². The van der Waals surface area contributed by atoms with E-state index in [9.17, 15) is 0 Å². The van der Waals surface area contributed by atoms with Crippen molar-refractivity contribution in [2.45, 2.75) is 13.5 Å². The van der Waals surface area contributed by atoms with Crippen LogP contribution in [0.1, 0.15) is 6.92 Å². The maximum Gasteiger partial charge on any atom is 0.227 e. The SMILES string of the molecule is CCn1cc(Nc2ncccn2)cn1. The summed E-state index contributed by atoms with van der Waals surface area (Å²) < 4.78 is 1.84. The van der Waals surface area contributed by atoms with Crippen LogP contribution in [-0.4, -0.2) is 19.7 Å². The smallest absolute Gasteiger partial charge is 0.227 e. The van der Waals surface area contributed by atoms with E-state index in [-0.39, 0.29) is 0 Å². The van der Waals surface area contributed by atoms with Gasteiger partial charge in [-0.05, 0) is 13.0 Å². The van der Waals surface area contributed by atoms with E-state index in [1.807, 2.05) is 17.8 Å². The minimum Gasteiger partial charge on any atom is -0.321 e. The number of anilines is 2. The lowest BCUT2D eigenvalue weighted by Crippen LogP contribution is -1.95. The second-order valence-electron chi connectivity index (χ2n) is 2.78. The van der Waals surface area contributed by atoms with E-state index in [4.69, 9.17) is 0 Å². The van der Waals surface area contributed by atoms with Crippen molar-refractivity contribution in [3.8, 4) is 0 Å². The lowest BCUT2D eigenvalue weighted by Gasteiger charge is -1.98. The Hall–Kier alpha value is -1.91. The molecule has 5 heteroatoms. The second kappa shape index (κ2) is 3.87. The molecule has 1 N–H and O–H groups in total. The number of aromatic nitrogens is 4. The third kappa shape index (κ3) is 1.87. The van der Waals surface area contributed by atoms with Crippen molar-refractivity contribution in [1.29, 1.82) is 0 Å². The summed E-state index contributed by atoms with van der Waals surface area (Å²) in [5.41, 5.74) is 0.901. The van der Waals surface area contributed by atoms with Crippen LogP contribution >= 0.6 is 0 Å². The molecule has 0 radical (unpaired) electrons. The molecule has 2 aromatic rings. The predicted molar refractivity (Wildman–Crippen MR) is 53.2 cm³/mol. The van der Waals surface area contributed by atoms with Gasteiger partial charge < -0.3 is 5.32 Å². The molecule has 0 aliphatic carbocycles. The molecule has 0 bridgehead atoms. The Morgan fingerprint density at radius 1 is 1.36 bits per heavy atom. The van der Waals surface area contributed by atoms with Crippen molar-refractivity contribution in [1.82, 2.24) is 19.7 Å². The summed E-state index contributed by atoms with van der Waals surface area (Å²) in [5.74, 6) is 0.586. The van der Waals surface area contributed by atoms with E-state index in [0.29, 0.717) is 5.95 Å². The molecule has 2 aromatic heterocycles. The Morgan fingerprint density at radius 3 is 2.79 bits per heavy atom. The molecule has 14 heavy (non-hydrogen) atoms. The normalized spacial score (nSPS) is 10.1. The van der Waals surface area contributed by atoms with Crippen LogP contribution in [0.4, 0.5) is 11.6 Å². The van der Waals surface area contributed by atoms with Gasteiger partial charge in [0, 0.05) is 25.1 Å². The Bertz CT molecular complexity index is 395. The molecule has 5 nitrogen and oxygen atoms in total. The van der Waals surface area contributed by atoms with E-state index in [0.717, 1.165) is 12.2 Å². The second-order valence-corrected chi connectivity index (χ2v) is 2.78. The maximum absolute atomic E-state index is 4.13. The lowest BCUT2D eigenvalue weighted by molar-refractivity contribution is 0.660. The van der Waals surface area contributed by atoms with Gasteiger partial charge in [0.2, 0.25) is 5.95 Å². The van der Waals surface area contributed by atoms with Gasteiger partial charge in [0.05, 0.1) is 11.9 Å². The minimum absolute atomic E-state index is 0.586. The number of rotatable bonds is 3. The standard InChI is InChI=1S/C9H11N5/c1-2-14-7-8(6-12-14)13-9-10-4-3-5-11-9/h3-7H,2H2,1H3,(H,10,11,13). The summed E-state index contributed by atoms with van der Waals surface area (Å²) >= 11 is 0. The Labute approximate surface area is 81.8 Å². The van der Waals surface area contributed by atoms with Gasteiger partial charge in [-0.3, -0.25) is 4.68 Å². The minimum atomic E-state index is 0.586. The molecule has 0 unspecified atom stereocenters. The van der Waals surface area contributed by atoms with Crippen molar-refractivity contribution in [3.63, 3.8) is 0 Å². The molecule has 0 aliphatic rings. The molecule has 0 saturated carbocycles. The van der Waals surface area contributed by atoms with Gasteiger partial charge in [-0.1, -0.05) is 0 Å². The molecule has 0 aliphatic heterocycles. The number of nitrogens with one attached hydrogen (secondary N) is 1. The third-order valence-corrected chi connectivity index (χ3v) is 1.78. The third-order valence-electron chi connectivity index (χ3n) is 1.78. The number of nitrogens with zero attached hydrogens (tertiary/aromatic N) is 4. The molecule has 2 heterocycles. The highest BCUT2D eigenvalue weighted by molar-refractivity contribution is 5.49. The van der Waals surface area contributed by atoms with Crippen LogP contribution in [0.15, 0.2) is 30.9 Å². The Kier molecular flexibility index (Phi) is 2.40. The van der Waals surface area contributed by atoms with Crippen LogP contribution in [0.25, 0.3) is 0 Å². The lowest BCUT2D eigenvalue weighted by atomic mass is 10.5. The van der Waals surface area contributed by atoms with E-state index >= 15 is 0 Å². The molecular weight excluding hydrogens is 178 g/mol. The van der Waals surface area contributed by atoms with Gasteiger partial charge >= 0.3 is 0 Å². The first-order valence-corrected chi connectivity index (χ1v) is 4.45. The van der Waals surface area contributed by atoms with E-state index in [1.165, 1.54) is 0 Å². The Balaban J connectivity index is 2.11. The van der Waals surface area contributed by atoms with Crippen molar-refractivity contribution in [2.24, 2.45) is 0 Å². The van der Waals surface area contributed by atoms with Crippen LogP contribution < -0.4 is 5.32 Å². The van der Waals surface area contributed by atoms with Gasteiger partial charge in [0.15, 0.2) is 0 Å². The molecule has 0 fully saturated rings. The molecule has 0 amide bonds. The van der Waals surface area contributed by atoms with E-state index in [1.54, 1.807) is 24.7 Å². The quantitative estimate of drug-likeness (QED) is 0.793. The van der Waals surface area contributed by atoms with E-state index in [2.05, 4.69) is 20.4 Å². The zero-order valence-electron chi connectivity index (χ0n) is 7.88. The van der Waals surface area contributed by atoms with Gasteiger partial charge in [-0.2, -0.15) is 5.10 Å². The van der Waals surface area contributed by atoms with Crippen LogP contribution in [-0.2, 0) is 6.54 Å². The monoisotopic (exact) mass is 189 g/mol. The predicted octanol–water partition coefficient (Wildman–Crippen LogP) is 1.44. The fourth-order valence-electron chi connectivity index (χ4n) is 1.09. The number of hydrogen-bond donors (Lipinski definition) is 1. The largest absolute Gasteiger partial charge is 0.321 e. The van der Waals surface area contributed by atoms with Crippen LogP contribution in [0.5, 0.6) is 0 Å². The van der Waals surface area contributed by atoms with Gasteiger partial charge in [-0.15, -0.1) is 0 Å². The summed E-state index contributed by atoms with van der Waals surface area (Å²) in [6.07, 6.45) is 7.05. The van der Waals surface area contributed by atoms with Crippen molar-refractivity contribution >= 4 is 11.6 Å². The fourth-order valence-corrected chi connectivity index (χ4v) is 1.09. The summed E-state index contributed by atoms with van der Waals surface area (Å²) in [5, 5.41) is 7.18. The van der Waals surface area contributed by atoms with Crippen molar-refractivity contribution in [3.05, 3.63) is 30.9 Å². The van der Waals surface area contributed by atoms with Gasteiger partial charge in [-0.25, -0.2) is 9.97 Å². The maximum atomic E-state index is 4.13. The van der Waals surface area contributed by atoms with Crippen molar-refractivity contribution in [2.75, 3.05) is 5.32 Å². The number of aryl methyl sites for hydroxylation is 1. The Morgan fingerprint density at radius 2 is 2.14 bits per heavy atom.